The van der Waals surface area contributed by atoms with Gasteiger partial charge in [0.25, 0.3) is 0 Å². The Labute approximate surface area is 92.6 Å². The lowest BCUT2D eigenvalue weighted by molar-refractivity contribution is 0.459. The second-order valence-electron chi connectivity index (χ2n) is 3.49. The largest absolute Gasteiger partial charge is 0.507 e. The van der Waals surface area contributed by atoms with Gasteiger partial charge in [0.2, 0.25) is 0 Å². The van der Waals surface area contributed by atoms with E-state index in [9.17, 15) is 9.90 Å². The van der Waals surface area contributed by atoms with Crippen LogP contribution in [0.15, 0.2) is 45.6 Å². The van der Waals surface area contributed by atoms with Crippen molar-refractivity contribution in [3.8, 4) is 5.75 Å². The highest BCUT2D eigenvalue weighted by Gasteiger charge is 2.11. The summed E-state index contributed by atoms with van der Waals surface area (Å²) in [5, 5.41) is 10.5. The Kier molecular flexibility index (Phi) is 2.77. The van der Waals surface area contributed by atoms with Crippen LogP contribution in [-0.4, -0.2) is 5.11 Å². The van der Waals surface area contributed by atoms with Gasteiger partial charge in [-0.05, 0) is 19.1 Å². The minimum absolute atomic E-state index is 0.0185. The van der Waals surface area contributed by atoms with E-state index in [4.69, 9.17) is 4.42 Å². The Morgan fingerprint density at radius 1 is 1.38 bits per heavy atom. The van der Waals surface area contributed by atoms with Gasteiger partial charge in [0.05, 0.1) is 10.9 Å². The molecule has 2 rings (SSSR count). The fourth-order valence-electron chi connectivity index (χ4n) is 1.59. The molecule has 1 aromatic heterocycles. The summed E-state index contributed by atoms with van der Waals surface area (Å²) in [6.45, 7) is 1.86. The molecule has 0 unspecified atom stereocenters. The van der Waals surface area contributed by atoms with Crippen molar-refractivity contribution in [2.75, 3.05) is 0 Å². The van der Waals surface area contributed by atoms with Crippen LogP contribution in [0, 0.1) is 0 Å². The number of fused-ring (bicyclic) bond motifs is 1. The molecule has 0 radical (unpaired) electrons. The first-order valence-electron chi connectivity index (χ1n) is 5.09. The zero-order valence-electron chi connectivity index (χ0n) is 8.93. The van der Waals surface area contributed by atoms with Crippen molar-refractivity contribution >= 4 is 11.0 Å². The molecule has 0 amide bonds. The summed E-state index contributed by atoms with van der Waals surface area (Å²) in [4.78, 5) is 11.6. The third-order valence-corrected chi connectivity index (χ3v) is 2.43. The van der Waals surface area contributed by atoms with Crippen molar-refractivity contribution in [3.05, 3.63) is 52.4 Å². The first kappa shape index (κ1) is 10.5. The number of benzene rings is 1. The summed E-state index contributed by atoms with van der Waals surface area (Å²) < 4.78 is 5.12. The highest BCUT2D eigenvalue weighted by Crippen LogP contribution is 2.26. The number of hydrogen-bond acceptors (Lipinski definition) is 3. The van der Waals surface area contributed by atoms with E-state index in [0.717, 1.165) is 0 Å². The highest BCUT2D eigenvalue weighted by molar-refractivity contribution is 5.83. The van der Waals surface area contributed by atoms with Crippen LogP contribution in [0.5, 0.6) is 5.75 Å². The lowest BCUT2D eigenvalue weighted by Crippen LogP contribution is -2.06. The molecule has 0 spiro atoms. The van der Waals surface area contributed by atoms with Gasteiger partial charge in [0.15, 0.2) is 0 Å². The van der Waals surface area contributed by atoms with E-state index in [1.54, 1.807) is 30.3 Å². The Hall–Kier alpha value is -2.03. The van der Waals surface area contributed by atoms with Gasteiger partial charge in [-0.2, -0.15) is 0 Å². The van der Waals surface area contributed by atoms with E-state index in [1.165, 1.54) is 0 Å². The van der Waals surface area contributed by atoms with E-state index < -0.39 is 5.63 Å². The van der Waals surface area contributed by atoms with Crippen LogP contribution in [0.1, 0.15) is 12.5 Å². The maximum absolute atomic E-state index is 11.6. The molecule has 2 aromatic rings. The van der Waals surface area contributed by atoms with E-state index in [0.29, 0.717) is 23.0 Å². The van der Waals surface area contributed by atoms with Gasteiger partial charge in [-0.15, -0.1) is 0 Å². The van der Waals surface area contributed by atoms with Gasteiger partial charge in [-0.3, -0.25) is 0 Å². The third-order valence-electron chi connectivity index (χ3n) is 2.43. The smallest absolute Gasteiger partial charge is 0.343 e. The fraction of sp³-hybridized carbons (Fsp3) is 0.154. The number of rotatable bonds is 2. The molecular weight excluding hydrogens is 204 g/mol. The van der Waals surface area contributed by atoms with Crippen molar-refractivity contribution in [3.63, 3.8) is 0 Å². The third kappa shape index (κ3) is 1.72. The van der Waals surface area contributed by atoms with E-state index in [2.05, 4.69) is 0 Å². The molecule has 0 aliphatic rings. The van der Waals surface area contributed by atoms with Crippen molar-refractivity contribution < 1.29 is 9.52 Å². The van der Waals surface area contributed by atoms with Gasteiger partial charge < -0.3 is 9.52 Å². The minimum atomic E-state index is -0.477. The summed E-state index contributed by atoms with van der Waals surface area (Å²) >= 11 is 0. The van der Waals surface area contributed by atoms with Gasteiger partial charge in [0, 0.05) is 6.42 Å². The maximum atomic E-state index is 11.6. The Balaban J connectivity index is 2.70. The Bertz CT molecular complexity index is 594. The van der Waals surface area contributed by atoms with Crippen molar-refractivity contribution in [1.82, 2.24) is 0 Å². The van der Waals surface area contributed by atoms with E-state index in [-0.39, 0.29) is 5.75 Å². The summed E-state index contributed by atoms with van der Waals surface area (Å²) in [5.74, 6) is 0.0185. The zero-order valence-corrected chi connectivity index (χ0v) is 8.93. The summed E-state index contributed by atoms with van der Waals surface area (Å²) in [6, 6.07) is 6.94. The quantitative estimate of drug-likeness (QED) is 0.620. The van der Waals surface area contributed by atoms with Crippen LogP contribution in [0.2, 0.25) is 0 Å². The average molecular weight is 216 g/mol. The first-order chi connectivity index (χ1) is 7.74. The standard InChI is InChI=1S/C13H12O3/c1-2-3-6-10-12(14)9-7-4-5-8-11(9)16-13(10)15/h2-5,7-8,14H,6H2,1H3. The first-order valence-corrected chi connectivity index (χ1v) is 5.09. The van der Waals surface area contributed by atoms with E-state index >= 15 is 0 Å². The number of allylic oxidation sites excluding steroid dienone is 2. The second-order valence-corrected chi connectivity index (χ2v) is 3.49. The number of para-hydroxylation sites is 1. The molecule has 0 saturated carbocycles. The Morgan fingerprint density at radius 3 is 2.88 bits per heavy atom. The molecule has 0 saturated heterocycles. The summed E-state index contributed by atoms with van der Waals surface area (Å²) in [7, 11) is 0. The van der Waals surface area contributed by atoms with Crippen LogP contribution in [-0.2, 0) is 6.42 Å². The lowest BCUT2D eigenvalue weighted by atomic mass is 10.1. The van der Waals surface area contributed by atoms with Gasteiger partial charge >= 0.3 is 5.63 Å². The molecule has 0 aliphatic carbocycles. The molecule has 0 fully saturated rings. The maximum Gasteiger partial charge on any atom is 0.343 e. The Morgan fingerprint density at radius 2 is 2.12 bits per heavy atom. The van der Waals surface area contributed by atoms with Gasteiger partial charge in [0.1, 0.15) is 11.3 Å². The van der Waals surface area contributed by atoms with Crippen LogP contribution in [0.3, 0.4) is 0 Å². The number of aromatic hydroxyl groups is 1. The number of hydrogen-bond donors (Lipinski definition) is 1. The lowest BCUT2D eigenvalue weighted by Gasteiger charge is -2.03. The predicted molar refractivity (Wildman–Crippen MR) is 62.7 cm³/mol. The normalized spacial score (nSPS) is 11.3. The van der Waals surface area contributed by atoms with Gasteiger partial charge in [-0.25, -0.2) is 4.79 Å². The molecule has 3 nitrogen and oxygen atoms in total. The van der Waals surface area contributed by atoms with Crippen LogP contribution in [0.25, 0.3) is 11.0 Å². The van der Waals surface area contributed by atoms with Gasteiger partial charge in [-0.1, -0.05) is 24.3 Å². The summed E-state index contributed by atoms with van der Waals surface area (Å²) in [5.41, 5.74) is 0.236. The highest BCUT2D eigenvalue weighted by atomic mass is 16.4. The van der Waals surface area contributed by atoms with Crippen molar-refractivity contribution in [1.29, 1.82) is 0 Å². The fourth-order valence-corrected chi connectivity index (χ4v) is 1.59. The molecule has 82 valence electrons. The zero-order chi connectivity index (χ0) is 11.5. The molecule has 16 heavy (non-hydrogen) atoms. The van der Waals surface area contributed by atoms with E-state index in [1.807, 2.05) is 13.0 Å². The predicted octanol–water partition coefficient (Wildman–Crippen LogP) is 2.62. The molecule has 1 heterocycles. The molecule has 0 atom stereocenters. The minimum Gasteiger partial charge on any atom is -0.507 e. The van der Waals surface area contributed by atoms with Crippen molar-refractivity contribution in [2.24, 2.45) is 0 Å². The van der Waals surface area contributed by atoms with Crippen LogP contribution < -0.4 is 5.63 Å². The molecular formula is C13H12O3. The topological polar surface area (TPSA) is 50.4 Å². The molecule has 1 aromatic carbocycles. The van der Waals surface area contributed by atoms with Crippen molar-refractivity contribution in [2.45, 2.75) is 13.3 Å². The van der Waals surface area contributed by atoms with Crippen LogP contribution >= 0.6 is 0 Å². The molecule has 3 heteroatoms. The molecule has 0 bridgehead atoms. The van der Waals surface area contributed by atoms with Crippen LogP contribution in [0.4, 0.5) is 0 Å². The molecule has 1 N–H and O–H groups in total. The SMILES string of the molecule is CC=CCc1c(O)c2ccccc2oc1=O. The summed E-state index contributed by atoms with van der Waals surface area (Å²) in [6.07, 6.45) is 4.02. The molecule has 0 aliphatic heterocycles. The second kappa shape index (κ2) is 4.23. The monoisotopic (exact) mass is 216 g/mol. The average Bonchev–Trinajstić information content (AvgIpc) is 2.29.